The smallest absolute Gasteiger partial charge is 0.306 e. The Morgan fingerprint density at radius 1 is 0.929 bits per heavy atom. The van der Waals surface area contributed by atoms with Gasteiger partial charge in [-0.15, -0.1) is 0 Å². The first-order valence-corrected chi connectivity index (χ1v) is 10.9. The zero-order valence-electron chi connectivity index (χ0n) is 17.0. The van der Waals surface area contributed by atoms with Crippen LogP contribution in [0.1, 0.15) is 32.1 Å². The first kappa shape index (κ1) is 21.5. The van der Waals surface area contributed by atoms with Crippen LogP contribution < -0.4 is 5.32 Å². The number of hydrogen-bond donors (Lipinski definition) is 2. The van der Waals surface area contributed by atoms with Crippen LogP contribution in [0.5, 0.6) is 0 Å². The van der Waals surface area contributed by atoms with Gasteiger partial charge in [-0.2, -0.15) is 0 Å². The van der Waals surface area contributed by atoms with E-state index in [0.717, 1.165) is 84.6 Å². The molecule has 0 atom stereocenters. The van der Waals surface area contributed by atoms with Crippen LogP contribution in [0.2, 0.25) is 0 Å². The number of carboxylic acids is 1. The number of nitrogens with one attached hydrogen (secondary N) is 1. The second-order valence-electron chi connectivity index (χ2n) is 8.21. The maximum absolute atomic E-state index is 12.1. The highest BCUT2D eigenvalue weighted by atomic mass is 16.5. The molecule has 160 valence electrons. The summed E-state index contributed by atoms with van der Waals surface area (Å²) in [4.78, 5) is 30.0. The lowest BCUT2D eigenvalue weighted by Crippen LogP contribution is -2.48. The minimum atomic E-state index is -0.635. The number of piperidine rings is 2. The van der Waals surface area contributed by atoms with Crippen molar-refractivity contribution in [1.29, 1.82) is 0 Å². The lowest BCUT2D eigenvalue weighted by atomic mass is 9.93. The van der Waals surface area contributed by atoms with Crippen LogP contribution in [0, 0.1) is 5.92 Å². The van der Waals surface area contributed by atoms with Gasteiger partial charge in [-0.3, -0.25) is 9.59 Å². The van der Waals surface area contributed by atoms with Crippen LogP contribution in [0.3, 0.4) is 0 Å². The van der Waals surface area contributed by atoms with Gasteiger partial charge in [0, 0.05) is 38.8 Å². The zero-order valence-corrected chi connectivity index (χ0v) is 17.0. The molecule has 2 N–H and O–H groups in total. The number of piperazine rings is 1. The highest BCUT2D eigenvalue weighted by Gasteiger charge is 2.30. The van der Waals surface area contributed by atoms with Crippen molar-refractivity contribution in [3.63, 3.8) is 0 Å². The van der Waals surface area contributed by atoms with Crippen molar-refractivity contribution in [2.45, 2.75) is 38.1 Å². The van der Waals surface area contributed by atoms with E-state index in [4.69, 9.17) is 9.84 Å². The second kappa shape index (κ2) is 11.1. The third-order valence-corrected chi connectivity index (χ3v) is 6.43. The largest absolute Gasteiger partial charge is 0.481 e. The van der Waals surface area contributed by atoms with E-state index in [1.165, 1.54) is 0 Å². The van der Waals surface area contributed by atoms with E-state index in [-0.39, 0.29) is 11.8 Å². The normalized spacial score (nSPS) is 23.8. The van der Waals surface area contributed by atoms with E-state index < -0.39 is 5.97 Å². The molecule has 28 heavy (non-hydrogen) atoms. The van der Waals surface area contributed by atoms with Gasteiger partial charge in [0.05, 0.1) is 25.6 Å². The SMILES string of the molecule is O=C(O)C1CCN(C2CCN(CCOCCC(=O)N3CCNCC3)CC2)CC1. The molecule has 3 fully saturated rings. The minimum Gasteiger partial charge on any atom is -0.481 e. The number of nitrogens with zero attached hydrogens (tertiary/aromatic N) is 3. The van der Waals surface area contributed by atoms with Gasteiger partial charge in [0.25, 0.3) is 0 Å². The van der Waals surface area contributed by atoms with Gasteiger partial charge in [-0.25, -0.2) is 0 Å². The third-order valence-electron chi connectivity index (χ3n) is 6.43. The minimum absolute atomic E-state index is 0.146. The lowest BCUT2D eigenvalue weighted by Gasteiger charge is -2.41. The molecular formula is C20H36N4O4. The summed E-state index contributed by atoms with van der Waals surface area (Å²) in [6.45, 7) is 9.51. The Labute approximate surface area is 168 Å². The van der Waals surface area contributed by atoms with Crippen LogP contribution in [0.4, 0.5) is 0 Å². The number of ether oxygens (including phenoxy) is 1. The molecule has 3 aliphatic heterocycles. The Morgan fingerprint density at radius 3 is 2.25 bits per heavy atom. The Bertz CT molecular complexity index is 496. The van der Waals surface area contributed by atoms with Crippen LogP contribution >= 0.6 is 0 Å². The highest BCUT2D eigenvalue weighted by molar-refractivity contribution is 5.76. The average Bonchev–Trinajstić information content (AvgIpc) is 2.74. The summed E-state index contributed by atoms with van der Waals surface area (Å²) < 4.78 is 5.70. The molecule has 0 spiro atoms. The first-order chi connectivity index (χ1) is 13.6. The molecule has 0 aromatic heterocycles. The van der Waals surface area contributed by atoms with Gasteiger partial charge < -0.3 is 29.9 Å². The van der Waals surface area contributed by atoms with Gasteiger partial charge >= 0.3 is 5.97 Å². The summed E-state index contributed by atoms with van der Waals surface area (Å²) in [5.74, 6) is -0.579. The quantitative estimate of drug-likeness (QED) is 0.562. The summed E-state index contributed by atoms with van der Waals surface area (Å²) in [7, 11) is 0. The maximum Gasteiger partial charge on any atom is 0.306 e. The van der Waals surface area contributed by atoms with Gasteiger partial charge in [0.2, 0.25) is 5.91 Å². The molecular weight excluding hydrogens is 360 g/mol. The molecule has 3 heterocycles. The number of rotatable bonds is 8. The predicted octanol–water partition coefficient (Wildman–Crippen LogP) is 0.0859. The molecule has 3 aliphatic rings. The summed E-state index contributed by atoms with van der Waals surface area (Å²) in [6.07, 6.45) is 4.36. The second-order valence-corrected chi connectivity index (χ2v) is 8.21. The van der Waals surface area contributed by atoms with E-state index in [1.807, 2.05) is 4.90 Å². The number of carbonyl (C=O) groups excluding carboxylic acids is 1. The number of aliphatic carboxylic acids is 1. The molecule has 0 unspecified atom stereocenters. The van der Waals surface area contributed by atoms with Crippen LogP contribution in [0.25, 0.3) is 0 Å². The average molecular weight is 397 g/mol. The third kappa shape index (κ3) is 6.40. The highest BCUT2D eigenvalue weighted by Crippen LogP contribution is 2.24. The van der Waals surface area contributed by atoms with Crippen molar-refractivity contribution in [1.82, 2.24) is 20.0 Å². The van der Waals surface area contributed by atoms with E-state index in [2.05, 4.69) is 15.1 Å². The molecule has 8 heteroatoms. The fraction of sp³-hybridized carbons (Fsp3) is 0.900. The fourth-order valence-corrected chi connectivity index (χ4v) is 4.55. The first-order valence-electron chi connectivity index (χ1n) is 10.9. The molecule has 1 amide bonds. The molecule has 8 nitrogen and oxygen atoms in total. The Kier molecular flexibility index (Phi) is 8.51. The number of amides is 1. The summed E-state index contributed by atoms with van der Waals surface area (Å²) in [5, 5.41) is 12.4. The Hall–Kier alpha value is -1.22. The molecule has 0 bridgehead atoms. The predicted molar refractivity (Wildman–Crippen MR) is 106 cm³/mol. The van der Waals surface area contributed by atoms with Gasteiger partial charge in [-0.1, -0.05) is 0 Å². The van der Waals surface area contributed by atoms with Crippen LogP contribution in [-0.4, -0.2) is 110 Å². The van der Waals surface area contributed by atoms with Crippen molar-refractivity contribution < 1.29 is 19.4 Å². The fourth-order valence-electron chi connectivity index (χ4n) is 4.55. The summed E-state index contributed by atoms with van der Waals surface area (Å²) in [5.41, 5.74) is 0. The van der Waals surface area contributed by atoms with Crippen LogP contribution in [-0.2, 0) is 14.3 Å². The Morgan fingerprint density at radius 2 is 1.61 bits per heavy atom. The Balaban J connectivity index is 1.22. The van der Waals surface area contributed by atoms with E-state index in [9.17, 15) is 9.59 Å². The van der Waals surface area contributed by atoms with Gasteiger partial charge in [0.1, 0.15) is 0 Å². The van der Waals surface area contributed by atoms with Crippen molar-refractivity contribution in [3.05, 3.63) is 0 Å². The van der Waals surface area contributed by atoms with Gasteiger partial charge in [-0.05, 0) is 51.9 Å². The maximum atomic E-state index is 12.1. The molecule has 0 saturated carbocycles. The molecule has 3 rings (SSSR count). The lowest BCUT2D eigenvalue weighted by molar-refractivity contribution is -0.143. The standard InChI is InChI=1S/C20H36N4O4/c25-19(24-12-6-21-7-13-24)5-15-28-16-14-22-8-3-18(4-9-22)23-10-1-17(2-11-23)20(26)27/h17-18,21H,1-16H2,(H,26,27). The topological polar surface area (TPSA) is 85.4 Å². The number of hydrogen-bond acceptors (Lipinski definition) is 6. The van der Waals surface area contributed by atoms with E-state index in [1.54, 1.807) is 0 Å². The summed E-state index contributed by atoms with van der Waals surface area (Å²) in [6, 6.07) is 0.601. The van der Waals surface area contributed by atoms with Gasteiger partial charge in [0.15, 0.2) is 0 Å². The molecule has 0 radical (unpaired) electrons. The van der Waals surface area contributed by atoms with E-state index in [0.29, 0.717) is 25.7 Å². The molecule has 0 aromatic carbocycles. The number of likely N-dealkylation sites (tertiary alicyclic amines) is 2. The van der Waals surface area contributed by atoms with E-state index >= 15 is 0 Å². The molecule has 0 aliphatic carbocycles. The van der Waals surface area contributed by atoms with Crippen molar-refractivity contribution in [2.75, 3.05) is 72.1 Å². The molecule has 3 saturated heterocycles. The monoisotopic (exact) mass is 396 g/mol. The zero-order chi connectivity index (χ0) is 19.8. The molecule has 0 aromatic rings. The van der Waals surface area contributed by atoms with Crippen molar-refractivity contribution in [2.24, 2.45) is 5.92 Å². The van der Waals surface area contributed by atoms with Crippen molar-refractivity contribution >= 4 is 11.9 Å². The number of carboxylic acid groups (broad SMARTS) is 1. The van der Waals surface area contributed by atoms with Crippen LogP contribution in [0.15, 0.2) is 0 Å². The summed E-state index contributed by atoms with van der Waals surface area (Å²) >= 11 is 0. The van der Waals surface area contributed by atoms with Crippen molar-refractivity contribution in [3.8, 4) is 0 Å². The number of carbonyl (C=O) groups is 2.